The molecule has 0 aliphatic rings. The van der Waals surface area contributed by atoms with Crippen LogP contribution in [0.4, 0.5) is 0 Å². The van der Waals surface area contributed by atoms with Crippen LogP contribution in [0.25, 0.3) is 83.9 Å². The van der Waals surface area contributed by atoms with Crippen molar-refractivity contribution in [3.63, 3.8) is 0 Å². The molecule has 0 amide bonds. The molecule has 0 aliphatic heterocycles. The Morgan fingerprint density at radius 1 is 0.441 bits per heavy atom. The van der Waals surface area contributed by atoms with Crippen LogP contribution in [0.3, 0.4) is 0 Å². The van der Waals surface area contributed by atoms with E-state index in [-0.39, 0.29) is 27.6 Å². The van der Waals surface area contributed by atoms with Gasteiger partial charge in [0.25, 0.3) is 0 Å². The quantitative estimate of drug-likeness (QED) is 0.173. The van der Waals surface area contributed by atoms with Crippen molar-refractivity contribution in [1.82, 2.24) is 14.5 Å². The Morgan fingerprint density at radius 2 is 1.00 bits per heavy atom. The lowest BCUT2D eigenvalue weighted by molar-refractivity contribution is 0.448. The Hall–Kier alpha value is -7.04. The largest absolute Gasteiger partial charge is 0.507 e. The molecule has 2 aromatic heterocycles. The Morgan fingerprint density at radius 3 is 1.59 bits per heavy atom. The molecule has 7 aromatic carbocycles. The second-order valence-electron chi connectivity index (χ2n) is 21.1. The molecule has 0 saturated heterocycles. The molecular formula is C64H65N3O. The Kier molecular flexibility index (Phi) is 9.14. The summed E-state index contributed by atoms with van der Waals surface area (Å²) in [5.41, 5.74) is 8.84. The number of benzene rings is 7. The number of rotatable bonds is 7. The molecule has 9 aromatic rings. The number of fused-ring (bicyclic) bond motifs is 1. The van der Waals surface area contributed by atoms with E-state index in [4.69, 9.17) is 22.3 Å². The summed E-state index contributed by atoms with van der Waals surface area (Å²) < 4.78 is 79.9. The monoisotopic (exact) mass is 901 g/mol. The van der Waals surface area contributed by atoms with Gasteiger partial charge in [0.05, 0.1) is 28.0 Å². The van der Waals surface area contributed by atoms with Crippen LogP contribution in [0.15, 0.2) is 170 Å². The highest BCUT2D eigenvalue weighted by atomic mass is 16.3. The molecule has 1 N–H and O–H groups in total. The Bertz CT molecular complexity index is 3550. The minimum absolute atomic E-state index is 0.00577. The smallest absolute Gasteiger partial charge is 0.149 e. The van der Waals surface area contributed by atoms with Crippen molar-refractivity contribution in [1.29, 1.82) is 0 Å². The van der Waals surface area contributed by atoms with Crippen molar-refractivity contribution in [3.05, 3.63) is 192 Å². The van der Waals surface area contributed by atoms with Crippen molar-refractivity contribution in [2.45, 2.75) is 105 Å². The first kappa shape index (κ1) is 36.1. The summed E-state index contributed by atoms with van der Waals surface area (Å²) in [4.78, 5) is 10.4. The maximum Gasteiger partial charge on any atom is 0.149 e. The van der Waals surface area contributed by atoms with Gasteiger partial charge in [-0.2, -0.15) is 0 Å². The zero-order chi connectivity index (χ0) is 55.8. The molecule has 9 rings (SSSR count). The SMILES string of the molecule is [2H]C([2H])([2H])C(c1cccc(-c2nc3c(-c4cc(-c5cc(-c6ccc(C(C)(C)C)cc6)ccn5)cc(C(C)(C)C)c4)cccc3n2-c2c(-c3ccccc3)cc(C(C)(C)C)cc2-c2ccccc2)c1O)(C([2H])([2H])[2H])C([2H])([2H])[2H]. The molecule has 342 valence electrons. The first-order chi connectivity index (χ1) is 35.9. The summed E-state index contributed by atoms with van der Waals surface area (Å²) in [7, 11) is 0. The van der Waals surface area contributed by atoms with Crippen LogP contribution in [-0.4, -0.2) is 19.6 Å². The van der Waals surface area contributed by atoms with E-state index >= 15 is 0 Å². The topological polar surface area (TPSA) is 50.9 Å². The molecule has 4 heteroatoms. The molecular weight excluding hydrogens is 827 g/mol. The van der Waals surface area contributed by atoms with E-state index in [2.05, 4.69) is 123 Å². The molecule has 0 aliphatic carbocycles. The second-order valence-corrected chi connectivity index (χ2v) is 21.1. The van der Waals surface area contributed by atoms with Gasteiger partial charge in [-0.15, -0.1) is 0 Å². The van der Waals surface area contributed by atoms with E-state index in [0.717, 1.165) is 73.0 Å². The number of phenols is 1. The van der Waals surface area contributed by atoms with E-state index in [0.29, 0.717) is 16.7 Å². The van der Waals surface area contributed by atoms with Gasteiger partial charge in [0.1, 0.15) is 11.6 Å². The van der Waals surface area contributed by atoms with Gasteiger partial charge in [-0.1, -0.05) is 198 Å². The summed E-state index contributed by atoms with van der Waals surface area (Å²) in [5.74, 6) is -0.696. The van der Waals surface area contributed by atoms with Gasteiger partial charge < -0.3 is 5.11 Å². The predicted octanol–water partition coefficient (Wildman–Crippen LogP) is 17.3. The van der Waals surface area contributed by atoms with Crippen molar-refractivity contribution in [3.8, 4) is 78.6 Å². The number of pyridine rings is 1. The van der Waals surface area contributed by atoms with Crippen LogP contribution >= 0.6 is 0 Å². The zero-order valence-electron chi connectivity index (χ0n) is 49.5. The van der Waals surface area contributed by atoms with E-state index in [1.807, 2.05) is 95.7 Å². The standard InChI is InChI=1S/C64H65N3O/c1-61(2,3)47-31-29-41(30-32-47)44-33-34-65-55(38-44)46-35-45(36-48(37-46)62(4,5)6)50-25-20-28-56-57(50)66-60(51-26-19-27-54(59(51)68)64(10,11)12)67(56)58-52(42-21-15-13-16-22-42)39-49(63(7,8)9)40-53(58)43-23-17-14-18-24-43/h13-40,68H,1-12H3/i10D3,11D3,12D3. The van der Waals surface area contributed by atoms with Gasteiger partial charge >= 0.3 is 0 Å². The molecule has 4 nitrogen and oxygen atoms in total. The van der Waals surface area contributed by atoms with Crippen molar-refractivity contribution >= 4 is 11.0 Å². The first-order valence-corrected chi connectivity index (χ1v) is 23.3. The fourth-order valence-electron chi connectivity index (χ4n) is 9.04. The average molecular weight is 901 g/mol. The van der Waals surface area contributed by atoms with Crippen molar-refractivity contribution in [2.24, 2.45) is 0 Å². The highest BCUT2D eigenvalue weighted by molar-refractivity contribution is 5.99. The van der Waals surface area contributed by atoms with E-state index in [9.17, 15) is 5.11 Å². The summed E-state index contributed by atoms with van der Waals surface area (Å²) in [6.07, 6.45) is 1.83. The minimum Gasteiger partial charge on any atom is -0.507 e. The number of nitrogens with zero attached hydrogens (tertiary/aromatic N) is 3. The zero-order valence-corrected chi connectivity index (χ0v) is 40.5. The predicted molar refractivity (Wildman–Crippen MR) is 288 cm³/mol. The number of aromatic nitrogens is 3. The number of para-hydroxylation sites is 2. The normalized spacial score (nSPS) is 15.0. The number of hydrogen-bond acceptors (Lipinski definition) is 3. The van der Waals surface area contributed by atoms with Gasteiger partial charge in [0.15, 0.2) is 0 Å². The molecule has 2 heterocycles. The van der Waals surface area contributed by atoms with Gasteiger partial charge in [0.2, 0.25) is 0 Å². The van der Waals surface area contributed by atoms with Gasteiger partial charge in [-0.25, -0.2) is 4.98 Å². The molecule has 0 radical (unpaired) electrons. The lowest BCUT2D eigenvalue weighted by Gasteiger charge is -2.26. The van der Waals surface area contributed by atoms with Crippen molar-refractivity contribution in [2.75, 3.05) is 0 Å². The maximum absolute atomic E-state index is 12.8. The third-order valence-electron chi connectivity index (χ3n) is 13.0. The molecule has 0 atom stereocenters. The van der Waals surface area contributed by atoms with Crippen molar-refractivity contribution < 1.29 is 17.4 Å². The number of imidazole rings is 1. The van der Waals surface area contributed by atoms with Crippen LogP contribution in [0, 0.1) is 0 Å². The maximum atomic E-state index is 12.8. The van der Waals surface area contributed by atoms with Crippen LogP contribution in [0.2, 0.25) is 0 Å². The highest BCUT2D eigenvalue weighted by Crippen LogP contribution is 2.47. The van der Waals surface area contributed by atoms with E-state index < -0.39 is 37.3 Å². The van der Waals surface area contributed by atoms with Crippen LogP contribution in [-0.2, 0) is 21.7 Å². The van der Waals surface area contributed by atoms with E-state index in [1.165, 1.54) is 17.7 Å². The van der Waals surface area contributed by atoms with Gasteiger partial charge in [-0.3, -0.25) is 9.55 Å². The minimum atomic E-state index is -3.64. The van der Waals surface area contributed by atoms with Gasteiger partial charge in [0, 0.05) is 40.8 Å². The summed E-state index contributed by atoms with van der Waals surface area (Å²) in [6.45, 7) is 8.63. The molecule has 68 heavy (non-hydrogen) atoms. The van der Waals surface area contributed by atoms with E-state index in [1.54, 1.807) is 0 Å². The lowest BCUT2D eigenvalue weighted by atomic mass is 9.82. The van der Waals surface area contributed by atoms with Crippen LogP contribution < -0.4 is 0 Å². The van der Waals surface area contributed by atoms with Crippen LogP contribution in [0.1, 0.15) is 117 Å². The van der Waals surface area contributed by atoms with Crippen LogP contribution in [0.5, 0.6) is 5.75 Å². The second kappa shape index (κ2) is 17.2. The Labute approximate surface area is 417 Å². The molecule has 0 saturated carbocycles. The lowest BCUT2D eigenvalue weighted by Crippen LogP contribution is -2.14. The molecule has 0 bridgehead atoms. The fourth-order valence-corrected chi connectivity index (χ4v) is 9.04. The number of phenolic OH excluding ortho intramolecular Hbond substituents is 1. The third-order valence-corrected chi connectivity index (χ3v) is 13.0. The molecule has 0 spiro atoms. The molecule has 0 unspecified atom stereocenters. The first-order valence-electron chi connectivity index (χ1n) is 27.8. The molecule has 0 fully saturated rings. The highest BCUT2D eigenvalue weighted by Gasteiger charge is 2.29. The third kappa shape index (κ3) is 8.93. The Balaban J connectivity index is 1.41. The van der Waals surface area contributed by atoms with Gasteiger partial charge in [-0.05, 0) is 120 Å². The fraction of sp³-hybridized carbons (Fsp3) is 0.250. The number of hydrogen-bond donors (Lipinski definition) is 1. The summed E-state index contributed by atoms with van der Waals surface area (Å²) >= 11 is 0. The summed E-state index contributed by atoms with van der Waals surface area (Å²) in [6, 6.07) is 53.3. The number of aromatic hydroxyl groups is 1. The average Bonchev–Trinajstić information content (AvgIpc) is 3.75. The summed E-state index contributed by atoms with van der Waals surface area (Å²) in [5, 5.41) is 12.8.